The molecule has 1 N–H and O–H groups in total. The maximum Gasteiger partial charge on any atom is 0.312 e. The number of amides is 1. The van der Waals surface area contributed by atoms with Gasteiger partial charge in [-0.3, -0.25) is 24.3 Å². The number of nitrogens with one attached hydrogen (secondary N) is 1. The standard InChI is InChI=1S/C20H24N6O4/c1-13(10-25-15(3)19(26(28)29)14(2)23-25)20(27)22-17-9-21-24(12-17)11-16-6-5-7-18(8-16)30-4/h5-9,12-13H,10-11H2,1-4H3,(H,22,27). The molecule has 0 saturated carbocycles. The van der Waals surface area contributed by atoms with Crippen LogP contribution in [0.5, 0.6) is 5.75 Å². The number of carbonyl (C=O) groups excluding carboxylic acids is 1. The van der Waals surface area contributed by atoms with Crippen molar-refractivity contribution in [3.05, 3.63) is 63.7 Å². The zero-order chi connectivity index (χ0) is 21.8. The minimum absolute atomic E-state index is 0.0126. The van der Waals surface area contributed by atoms with Gasteiger partial charge in [0, 0.05) is 6.20 Å². The van der Waals surface area contributed by atoms with Crippen molar-refractivity contribution < 1.29 is 14.5 Å². The Morgan fingerprint density at radius 2 is 2.13 bits per heavy atom. The highest BCUT2D eigenvalue weighted by molar-refractivity contribution is 5.92. The van der Waals surface area contributed by atoms with Crippen molar-refractivity contribution >= 4 is 17.3 Å². The monoisotopic (exact) mass is 412 g/mol. The molecule has 10 heteroatoms. The van der Waals surface area contributed by atoms with Gasteiger partial charge in [-0.1, -0.05) is 19.1 Å². The summed E-state index contributed by atoms with van der Waals surface area (Å²) in [6.45, 7) is 5.75. The fourth-order valence-electron chi connectivity index (χ4n) is 3.21. The highest BCUT2D eigenvalue weighted by Crippen LogP contribution is 2.23. The molecule has 0 saturated heterocycles. The number of nitro groups is 1. The maximum absolute atomic E-state index is 12.6. The molecule has 0 fully saturated rings. The van der Waals surface area contributed by atoms with Gasteiger partial charge in [0.05, 0.1) is 42.9 Å². The lowest BCUT2D eigenvalue weighted by molar-refractivity contribution is -0.386. The molecular weight excluding hydrogens is 388 g/mol. The van der Waals surface area contributed by atoms with Gasteiger partial charge in [0.25, 0.3) is 0 Å². The number of carbonyl (C=O) groups is 1. The van der Waals surface area contributed by atoms with Crippen molar-refractivity contribution in [3.8, 4) is 5.75 Å². The Labute approximate surface area is 173 Å². The summed E-state index contributed by atoms with van der Waals surface area (Å²) in [6.07, 6.45) is 3.33. The van der Waals surface area contributed by atoms with Crippen molar-refractivity contribution in [2.24, 2.45) is 5.92 Å². The summed E-state index contributed by atoms with van der Waals surface area (Å²) in [7, 11) is 1.62. The first-order valence-corrected chi connectivity index (χ1v) is 9.43. The third-order valence-corrected chi connectivity index (χ3v) is 4.80. The van der Waals surface area contributed by atoms with Crippen LogP contribution < -0.4 is 10.1 Å². The summed E-state index contributed by atoms with van der Waals surface area (Å²) in [4.78, 5) is 23.3. The number of anilines is 1. The number of methoxy groups -OCH3 is 1. The van der Waals surface area contributed by atoms with Gasteiger partial charge in [-0.05, 0) is 31.5 Å². The topological polar surface area (TPSA) is 117 Å². The molecule has 3 rings (SSSR count). The molecule has 10 nitrogen and oxygen atoms in total. The van der Waals surface area contributed by atoms with Gasteiger partial charge >= 0.3 is 5.69 Å². The van der Waals surface area contributed by atoms with Crippen LogP contribution in [0.1, 0.15) is 23.9 Å². The van der Waals surface area contributed by atoms with Gasteiger partial charge in [0.1, 0.15) is 17.1 Å². The summed E-state index contributed by atoms with van der Waals surface area (Å²) in [5, 5.41) is 22.4. The van der Waals surface area contributed by atoms with E-state index >= 15 is 0 Å². The molecule has 1 aromatic carbocycles. The van der Waals surface area contributed by atoms with Gasteiger partial charge in [0.2, 0.25) is 5.91 Å². The normalized spacial score (nSPS) is 11.9. The first-order valence-electron chi connectivity index (χ1n) is 9.43. The third kappa shape index (κ3) is 4.65. The van der Waals surface area contributed by atoms with Crippen LogP contribution in [0.25, 0.3) is 0 Å². The van der Waals surface area contributed by atoms with E-state index in [1.807, 2.05) is 24.3 Å². The zero-order valence-corrected chi connectivity index (χ0v) is 17.3. The smallest absolute Gasteiger partial charge is 0.312 e. The van der Waals surface area contributed by atoms with Crippen LogP contribution in [-0.2, 0) is 17.9 Å². The van der Waals surface area contributed by atoms with E-state index in [-0.39, 0.29) is 18.1 Å². The molecule has 0 spiro atoms. The minimum Gasteiger partial charge on any atom is -0.497 e. The SMILES string of the molecule is COc1cccc(Cn2cc(NC(=O)C(C)Cn3nc(C)c([N+](=O)[O-])c3C)cn2)c1. The molecule has 1 amide bonds. The van der Waals surface area contributed by atoms with Crippen molar-refractivity contribution in [2.75, 3.05) is 12.4 Å². The number of nitrogens with zero attached hydrogens (tertiary/aromatic N) is 5. The summed E-state index contributed by atoms with van der Waals surface area (Å²) in [6, 6.07) is 7.68. The summed E-state index contributed by atoms with van der Waals surface area (Å²) < 4.78 is 8.45. The molecule has 0 aliphatic carbocycles. The predicted molar refractivity (Wildman–Crippen MR) is 110 cm³/mol. The van der Waals surface area contributed by atoms with Crippen molar-refractivity contribution in [1.82, 2.24) is 19.6 Å². The lowest BCUT2D eigenvalue weighted by Gasteiger charge is -2.12. The second-order valence-electron chi connectivity index (χ2n) is 7.13. The summed E-state index contributed by atoms with van der Waals surface area (Å²) in [5.41, 5.74) is 2.36. The molecule has 0 aliphatic rings. The van der Waals surface area contributed by atoms with Crippen molar-refractivity contribution in [3.63, 3.8) is 0 Å². The number of hydrogen-bond acceptors (Lipinski definition) is 6. The van der Waals surface area contributed by atoms with Gasteiger partial charge in [-0.2, -0.15) is 10.2 Å². The number of hydrogen-bond donors (Lipinski definition) is 1. The molecule has 2 heterocycles. The first kappa shape index (κ1) is 21.0. The van der Waals surface area contributed by atoms with Crippen LogP contribution in [-0.4, -0.2) is 37.5 Å². The molecule has 0 aliphatic heterocycles. The van der Waals surface area contributed by atoms with Crippen molar-refractivity contribution in [2.45, 2.75) is 33.9 Å². The fraction of sp³-hybridized carbons (Fsp3) is 0.350. The number of ether oxygens (including phenoxy) is 1. The van der Waals surface area contributed by atoms with Crippen LogP contribution in [0.3, 0.4) is 0 Å². The number of benzene rings is 1. The minimum atomic E-state index is -0.449. The Kier molecular flexibility index (Phi) is 6.14. The van der Waals surface area contributed by atoms with Crippen LogP contribution in [0.2, 0.25) is 0 Å². The van der Waals surface area contributed by atoms with Gasteiger partial charge in [0.15, 0.2) is 0 Å². The van der Waals surface area contributed by atoms with E-state index in [2.05, 4.69) is 15.5 Å². The molecule has 158 valence electrons. The van der Waals surface area contributed by atoms with Crippen LogP contribution >= 0.6 is 0 Å². The summed E-state index contributed by atoms with van der Waals surface area (Å²) >= 11 is 0. The second kappa shape index (κ2) is 8.76. The fourth-order valence-corrected chi connectivity index (χ4v) is 3.21. The van der Waals surface area contributed by atoms with Gasteiger partial charge in [-0.25, -0.2) is 0 Å². The Morgan fingerprint density at radius 3 is 2.80 bits per heavy atom. The average Bonchev–Trinajstić information content (AvgIpc) is 3.25. The molecule has 2 aromatic heterocycles. The average molecular weight is 412 g/mol. The third-order valence-electron chi connectivity index (χ3n) is 4.80. The number of aromatic nitrogens is 4. The summed E-state index contributed by atoms with van der Waals surface area (Å²) in [5.74, 6) is 0.113. The molecule has 30 heavy (non-hydrogen) atoms. The molecule has 0 radical (unpaired) electrons. The molecular formula is C20H24N6O4. The quantitative estimate of drug-likeness (QED) is 0.449. The Hall–Kier alpha value is -3.69. The van der Waals surface area contributed by atoms with E-state index in [0.29, 0.717) is 23.6 Å². The Balaban J connectivity index is 1.62. The highest BCUT2D eigenvalue weighted by atomic mass is 16.6. The van der Waals surface area contributed by atoms with Crippen LogP contribution in [0, 0.1) is 29.9 Å². The van der Waals surface area contributed by atoms with Crippen LogP contribution in [0.15, 0.2) is 36.7 Å². The molecule has 0 bridgehead atoms. The Bertz CT molecular complexity index is 1070. The van der Waals surface area contributed by atoms with E-state index in [9.17, 15) is 14.9 Å². The molecule has 1 unspecified atom stereocenters. The highest BCUT2D eigenvalue weighted by Gasteiger charge is 2.24. The molecule has 1 atom stereocenters. The first-order chi connectivity index (χ1) is 14.3. The largest absolute Gasteiger partial charge is 0.497 e. The predicted octanol–water partition coefficient (Wildman–Crippen LogP) is 2.94. The van der Waals surface area contributed by atoms with Crippen LogP contribution in [0.4, 0.5) is 11.4 Å². The van der Waals surface area contributed by atoms with E-state index < -0.39 is 10.8 Å². The number of rotatable bonds is 8. The molecule has 3 aromatic rings. The van der Waals surface area contributed by atoms with Gasteiger partial charge in [-0.15, -0.1) is 0 Å². The maximum atomic E-state index is 12.6. The number of aryl methyl sites for hydroxylation is 1. The van der Waals surface area contributed by atoms with E-state index in [0.717, 1.165) is 11.3 Å². The van der Waals surface area contributed by atoms with E-state index in [4.69, 9.17) is 4.74 Å². The van der Waals surface area contributed by atoms with E-state index in [1.54, 1.807) is 45.0 Å². The second-order valence-corrected chi connectivity index (χ2v) is 7.13. The van der Waals surface area contributed by atoms with Crippen molar-refractivity contribution in [1.29, 1.82) is 0 Å². The lowest BCUT2D eigenvalue weighted by Crippen LogP contribution is -2.25. The zero-order valence-electron chi connectivity index (χ0n) is 17.3. The van der Waals surface area contributed by atoms with Gasteiger partial charge < -0.3 is 10.1 Å². The van der Waals surface area contributed by atoms with E-state index in [1.165, 1.54) is 4.68 Å². The lowest BCUT2D eigenvalue weighted by atomic mass is 10.1. The Morgan fingerprint density at radius 1 is 1.37 bits per heavy atom.